The summed E-state index contributed by atoms with van der Waals surface area (Å²) in [6.45, 7) is 3.04. The predicted molar refractivity (Wildman–Crippen MR) is 160 cm³/mol. The second-order valence-corrected chi connectivity index (χ2v) is 12.6. The zero-order valence-corrected chi connectivity index (χ0v) is 30.3. The van der Waals surface area contributed by atoms with Crippen molar-refractivity contribution in [2.24, 2.45) is 5.16 Å². The van der Waals surface area contributed by atoms with Crippen molar-refractivity contribution in [1.29, 1.82) is 0 Å². The number of rotatable bonds is 14. The maximum atomic E-state index is 13.4. The summed E-state index contributed by atoms with van der Waals surface area (Å²) in [7, 11) is -5.46. The van der Waals surface area contributed by atoms with Gasteiger partial charge in [0.1, 0.15) is 30.3 Å². The van der Waals surface area contributed by atoms with E-state index in [0.717, 1.165) is 18.3 Å². The number of nitrogens with zero attached hydrogens (tertiary/aromatic N) is 4. The molecule has 48 heavy (non-hydrogen) atoms. The van der Waals surface area contributed by atoms with Gasteiger partial charge >= 0.3 is 41.5 Å². The standard InChI is InChI=1S/C24H24Cl2N6O13S2.Na/c1-11(33)44-19(26)18-17(21(36)31(18)47(40,41)42)29-20(35)16(14-10-46-23(27-14)28-15(34)8-25)30-45-24(2,3)22(37)43-9-12-4-6-13(7-5-12)32(38)39;/h4-7,10,17-19H,8-9H2,1-3H3,(H,29,35)(H,27,28,34)(H,40,41,42);/q;+1/p-1/b30-16-;/t17-,18-,19?;/m1./s1. The number of carbonyl (C=O) groups is 5. The van der Waals surface area contributed by atoms with E-state index < -0.39 is 79.7 Å². The monoisotopic (exact) mass is 760 g/mol. The molecule has 2 aromatic rings. The van der Waals surface area contributed by atoms with Crippen LogP contribution in [-0.2, 0) is 55.2 Å². The fraction of sp³-hybridized carbons (Fsp3) is 0.375. The van der Waals surface area contributed by atoms with Gasteiger partial charge in [0.05, 0.1) is 4.92 Å². The fourth-order valence-electron chi connectivity index (χ4n) is 3.62. The van der Waals surface area contributed by atoms with Crippen molar-refractivity contribution in [2.75, 3.05) is 11.2 Å². The van der Waals surface area contributed by atoms with Gasteiger partial charge in [-0.25, -0.2) is 22.5 Å². The Kier molecular flexibility index (Phi) is 14.2. The van der Waals surface area contributed by atoms with E-state index in [2.05, 4.69) is 20.8 Å². The van der Waals surface area contributed by atoms with Crippen molar-refractivity contribution >= 4 is 91.0 Å². The number of carbonyl (C=O) groups excluding carboxylic acids is 5. The van der Waals surface area contributed by atoms with Crippen LogP contribution in [0.25, 0.3) is 0 Å². The van der Waals surface area contributed by atoms with Crippen LogP contribution in [0.5, 0.6) is 0 Å². The van der Waals surface area contributed by atoms with Crippen LogP contribution in [0.15, 0.2) is 34.8 Å². The third-order valence-corrected chi connectivity index (χ3v) is 8.13. The quantitative estimate of drug-likeness (QED) is 0.0301. The molecule has 2 heterocycles. The molecule has 3 atom stereocenters. The van der Waals surface area contributed by atoms with Crippen LogP contribution in [0.1, 0.15) is 32.0 Å². The zero-order valence-electron chi connectivity index (χ0n) is 25.2. The first-order valence-corrected chi connectivity index (χ1v) is 16.0. The van der Waals surface area contributed by atoms with Gasteiger partial charge in [-0.05, 0) is 31.5 Å². The molecule has 0 aliphatic carbocycles. The summed E-state index contributed by atoms with van der Waals surface area (Å²) < 4.78 is 44.7. The van der Waals surface area contributed by atoms with Gasteiger partial charge in [0.25, 0.3) is 17.5 Å². The minimum atomic E-state index is -5.46. The second-order valence-electron chi connectivity index (χ2n) is 9.75. The number of hydrogen-bond donors (Lipinski definition) is 2. The molecule has 1 aliphatic heterocycles. The van der Waals surface area contributed by atoms with Crippen molar-refractivity contribution in [2.45, 2.75) is 50.6 Å². The zero-order chi connectivity index (χ0) is 35.3. The Morgan fingerprint density at radius 3 is 2.40 bits per heavy atom. The van der Waals surface area contributed by atoms with E-state index in [0.29, 0.717) is 5.56 Å². The van der Waals surface area contributed by atoms with E-state index in [1.54, 1.807) is 0 Å². The summed E-state index contributed by atoms with van der Waals surface area (Å²) >= 11 is 12.2. The number of amides is 3. The van der Waals surface area contributed by atoms with Crippen LogP contribution >= 0.6 is 34.5 Å². The second kappa shape index (κ2) is 16.8. The molecular formula is C24H23Cl2N6NaO13S2. The summed E-state index contributed by atoms with van der Waals surface area (Å²) in [5, 5.41) is 20.2. The smallest absolute Gasteiger partial charge is 0.731 e. The van der Waals surface area contributed by atoms with Gasteiger partial charge in [-0.1, -0.05) is 16.8 Å². The van der Waals surface area contributed by atoms with Crippen molar-refractivity contribution in [1.82, 2.24) is 14.6 Å². The average molecular weight is 762 g/mol. The summed E-state index contributed by atoms with van der Waals surface area (Å²) in [4.78, 5) is 81.5. The number of ether oxygens (including phenoxy) is 2. The normalized spacial score (nSPS) is 16.8. The molecule has 0 saturated carbocycles. The molecule has 0 bridgehead atoms. The first-order valence-electron chi connectivity index (χ1n) is 12.8. The minimum absolute atomic E-state index is 0. The largest absolute Gasteiger partial charge is 1.00 e. The summed E-state index contributed by atoms with van der Waals surface area (Å²) in [5.74, 6) is -5.75. The number of benzene rings is 1. The molecule has 0 radical (unpaired) electrons. The molecular weight excluding hydrogens is 738 g/mol. The van der Waals surface area contributed by atoms with Crippen molar-refractivity contribution in [3.8, 4) is 0 Å². The van der Waals surface area contributed by atoms with Gasteiger partial charge in [0, 0.05) is 24.4 Å². The minimum Gasteiger partial charge on any atom is -0.731 e. The van der Waals surface area contributed by atoms with E-state index in [1.807, 2.05) is 0 Å². The maximum Gasteiger partial charge on any atom is 1.00 e. The molecule has 1 fully saturated rings. The van der Waals surface area contributed by atoms with Gasteiger partial charge in [-0.3, -0.25) is 29.3 Å². The van der Waals surface area contributed by atoms with Gasteiger partial charge in [-0.15, -0.1) is 22.9 Å². The van der Waals surface area contributed by atoms with Crippen molar-refractivity contribution in [3.63, 3.8) is 0 Å². The van der Waals surface area contributed by atoms with E-state index >= 15 is 0 Å². The predicted octanol–water partition coefficient (Wildman–Crippen LogP) is -2.24. The Balaban J connectivity index is 0.00000800. The number of aromatic nitrogens is 1. The van der Waals surface area contributed by atoms with Crippen LogP contribution in [0.2, 0.25) is 0 Å². The Bertz CT molecular complexity index is 1720. The van der Waals surface area contributed by atoms with Crippen LogP contribution in [0, 0.1) is 10.1 Å². The summed E-state index contributed by atoms with van der Waals surface area (Å²) in [6, 6.07) is 1.46. The van der Waals surface area contributed by atoms with Crippen LogP contribution in [0.3, 0.4) is 0 Å². The molecule has 19 nitrogen and oxygen atoms in total. The Morgan fingerprint density at radius 2 is 1.85 bits per heavy atom. The number of thiazole rings is 1. The number of non-ortho nitro benzene ring substituents is 1. The van der Waals surface area contributed by atoms with E-state index in [9.17, 15) is 47.1 Å². The molecule has 3 rings (SSSR count). The number of nitro groups is 1. The molecule has 0 spiro atoms. The fourth-order valence-corrected chi connectivity index (χ4v) is 5.71. The molecule has 1 aromatic heterocycles. The van der Waals surface area contributed by atoms with Crippen molar-refractivity contribution in [3.05, 3.63) is 51.0 Å². The molecule has 1 unspecified atom stereocenters. The molecule has 1 aliphatic rings. The first-order chi connectivity index (χ1) is 21.8. The molecule has 1 aromatic carbocycles. The number of nitro benzene ring substituents is 1. The first kappa shape index (κ1) is 40.7. The SMILES string of the molecule is CC(=O)OC(Cl)[C@H]1[C@@H](NC(=O)/C(=N\OC(C)(C)C(=O)OCc2ccc([N+](=O)[O-])cc2)c2csc(NC(=O)CCl)n2)C(=O)N1S(=O)(=O)[O-].[Na+]. The number of esters is 2. The van der Waals surface area contributed by atoms with E-state index in [4.69, 9.17) is 37.5 Å². The topological polar surface area (TPSA) is 266 Å². The Labute approximate surface area is 307 Å². The average Bonchev–Trinajstić information content (AvgIpc) is 3.43. The van der Waals surface area contributed by atoms with E-state index in [-0.39, 0.29) is 57.0 Å². The molecule has 1 saturated heterocycles. The molecule has 3 amide bonds. The van der Waals surface area contributed by atoms with Crippen LogP contribution < -0.4 is 40.2 Å². The molecule has 254 valence electrons. The number of halogens is 2. The number of anilines is 1. The van der Waals surface area contributed by atoms with Gasteiger partial charge < -0.3 is 29.5 Å². The van der Waals surface area contributed by atoms with Gasteiger partial charge in [0.15, 0.2) is 26.7 Å². The number of alkyl halides is 2. The number of β-lactam (4-membered cyclic amide) rings is 1. The third-order valence-electron chi connectivity index (χ3n) is 5.87. The number of hydrogen-bond acceptors (Lipinski definition) is 16. The molecule has 2 N–H and O–H groups in total. The third kappa shape index (κ3) is 10.3. The van der Waals surface area contributed by atoms with Crippen molar-refractivity contribution < 1.29 is 85.7 Å². The maximum absolute atomic E-state index is 13.4. The van der Waals surface area contributed by atoms with Gasteiger partial charge in [0.2, 0.25) is 11.5 Å². The van der Waals surface area contributed by atoms with Crippen LogP contribution in [0.4, 0.5) is 10.8 Å². The summed E-state index contributed by atoms with van der Waals surface area (Å²) in [6.07, 6.45) is 0. The van der Waals surface area contributed by atoms with Gasteiger partial charge in [-0.2, -0.15) is 0 Å². The van der Waals surface area contributed by atoms with Crippen LogP contribution in [-0.4, -0.2) is 91.7 Å². The number of oxime groups is 1. The Morgan fingerprint density at radius 1 is 1.23 bits per heavy atom. The summed E-state index contributed by atoms with van der Waals surface area (Å²) in [5.41, 5.74) is -4.54. The van der Waals surface area contributed by atoms with E-state index in [1.165, 1.54) is 43.5 Å². The Hall–Kier alpha value is -3.44. The molecule has 24 heteroatoms. The number of nitrogens with one attached hydrogen (secondary N) is 2.